The molecule has 1 aliphatic heterocycles. The van der Waals surface area contributed by atoms with E-state index in [4.69, 9.17) is 10.5 Å². The first kappa shape index (κ1) is 28.1. The summed E-state index contributed by atoms with van der Waals surface area (Å²) >= 11 is 0. The molecule has 0 aliphatic carbocycles. The van der Waals surface area contributed by atoms with Crippen molar-refractivity contribution in [3.63, 3.8) is 0 Å². The van der Waals surface area contributed by atoms with Crippen LogP contribution in [0.5, 0.6) is 0 Å². The van der Waals surface area contributed by atoms with E-state index in [1.807, 2.05) is 0 Å². The van der Waals surface area contributed by atoms with Crippen molar-refractivity contribution < 1.29 is 47.2 Å². The third-order valence-corrected chi connectivity index (χ3v) is 7.46. The SMILES string of the molecule is CCCCCCCCOP(=O)(O)OP(=O)(O)OCC1OC(n2ccc(N)nc2=O)C(O)C1O. The van der Waals surface area contributed by atoms with Gasteiger partial charge >= 0.3 is 21.3 Å². The van der Waals surface area contributed by atoms with Gasteiger partial charge in [0.2, 0.25) is 0 Å². The number of aliphatic hydroxyl groups is 2. The molecule has 16 heteroatoms. The van der Waals surface area contributed by atoms with E-state index in [2.05, 4.69) is 25.3 Å². The zero-order valence-electron chi connectivity index (χ0n) is 18.1. The second-order valence-corrected chi connectivity index (χ2v) is 10.5. The summed E-state index contributed by atoms with van der Waals surface area (Å²) in [6.45, 7) is 1.12. The molecule has 1 fully saturated rings. The number of hydrogen-bond acceptors (Lipinski definition) is 11. The highest BCUT2D eigenvalue weighted by Gasteiger charge is 2.46. The summed E-state index contributed by atoms with van der Waals surface area (Å²) in [5, 5.41) is 20.3. The molecule has 0 radical (unpaired) electrons. The van der Waals surface area contributed by atoms with Gasteiger partial charge in [0, 0.05) is 6.20 Å². The van der Waals surface area contributed by atoms with Gasteiger partial charge in [-0.15, -0.1) is 0 Å². The summed E-state index contributed by atoms with van der Waals surface area (Å²) in [5.41, 5.74) is 4.55. The Morgan fingerprint density at radius 2 is 1.73 bits per heavy atom. The number of aromatic nitrogens is 2. The fraction of sp³-hybridized carbons (Fsp3) is 0.765. The minimum Gasteiger partial charge on any atom is -0.387 e. The zero-order valence-corrected chi connectivity index (χ0v) is 19.9. The van der Waals surface area contributed by atoms with E-state index in [1.165, 1.54) is 12.3 Å². The minimum absolute atomic E-state index is 0.0605. The first-order valence-electron chi connectivity index (χ1n) is 10.5. The quantitative estimate of drug-likeness (QED) is 0.173. The highest BCUT2D eigenvalue weighted by molar-refractivity contribution is 7.61. The third kappa shape index (κ3) is 8.84. The van der Waals surface area contributed by atoms with E-state index >= 15 is 0 Å². The average Bonchev–Trinajstić information content (AvgIpc) is 2.99. The van der Waals surface area contributed by atoms with Crippen molar-refractivity contribution in [3.05, 3.63) is 22.7 Å². The monoisotopic (exact) mass is 515 g/mol. The number of phosphoric ester groups is 2. The van der Waals surface area contributed by atoms with Crippen LogP contribution in [0.25, 0.3) is 0 Å². The van der Waals surface area contributed by atoms with Gasteiger partial charge in [-0.05, 0) is 12.5 Å². The van der Waals surface area contributed by atoms with Gasteiger partial charge in [0.05, 0.1) is 13.2 Å². The van der Waals surface area contributed by atoms with Gasteiger partial charge in [-0.25, -0.2) is 13.9 Å². The summed E-state index contributed by atoms with van der Waals surface area (Å²) in [6, 6.07) is 1.27. The summed E-state index contributed by atoms with van der Waals surface area (Å²) in [4.78, 5) is 34.8. The number of rotatable bonds is 14. The highest BCUT2D eigenvalue weighted by Crippen LogP contribution is 2.60. The van der Waals surface area contributed by atoms with E-state index < -0.39 is 52.5 Å². The maximum absolute atomic E-state index is 12.0. The average molecular weight is 515 g/mol. The van der Waals surface area contributed by atoms with E-state index in [1.54, 1.807) is 0 Å². The standard InChI is InChI=1S/C17H31N3O11P2/c1-2-3-4-5-6-7-10-28-32(24,25)31-33(26,27)29-11-12-14(21)15(22)16(30-12)20-9-8-13(18)19-17(20)23/h8-9,12,14-16,21-22H,2-7,10-11H2,1H3,(H,24,25)(H,26,27)(H2,18,19,23). The van der Waals surface area contributed by atoms with E-state index in [9.17, 15) is 33.9 Å². The maximum Gasteiger partial charge on any atom is 0.481 e. The first-order chi connectivity index (χ1) is 15.5. The number of nitrogens with zero attached hydrogens (tertiary/aromatic N) is 2. The van der Waals surface area contributed by atoms with Crippen molar-refractivity contribution in [1.29, 1.82) is 0 Å². The molecule has 2 heterocycles. The summed E-state index contributed by atoms with van der Waals surface area (Å²) in [7, 11) is -9.99. The second-order valence-electron chi connectivity index (χ2n) is 7.50. The molecule has 14 nitrogen and oxygen atoms in total. The zero-order chi connectivity index (χ0) is 24.6. The van der Waals surface area contributed by atoms with Gasteiger partial charge in [-0.2, -0.15) is 9.29 Å². The Labute approximate surface area is 190 Å². The van der Waals surface area contributed by atoms with Crippen LogP contribution in [0, 0.1) is 0 Å². The predicted molar refractivity (Wildman–Crippen MR) is 115 cm³/mol. The minimum atomic E-state index is -5.10. The van der Waals surface area contributed by atoms with Crippen molar-refractivity contribution in [2.45, 2.75) is 70.0 Å². The fourth-order valence-electron chi connectivity index (χ4n) is 3.12. The first-order valence-corrected chi connectivity index (χ1v) is 13.5. The number of nitrogens with two attached hydrogens (primary N) is 1. The fourth-order valence-corrected chi connectivity index (χ4v) is 5.24. The molecule has 0 amide bonds. The van der Waals surface area contributed by atoms with Gasteiger partial charge in [-0.1, -0.05) is 39.0 Å². The molecule has 33 heavy (non-hydrogen) atoms. The lowest BCUT2D eigenvalue weighted by Gasteiger charge is -2.19. The molecule has 190 valence electrons. The van der Waals surface area contributed by atoms with Gasteiger partial charge < -0.3 is 30.5 Å². The smallest absolute Gasteiger partial charge is 0.387 e. The number of ether oxygens (including phenoxy) is 1. The third-order valence-electron chi connectivity index (χ3n) is 4.82. The molecule has 6 unspecified atom stereocenters. The van der Waals surface area contributed by atoms with Crippen molar-refractivity contribution in [2.75, 3.05) is 18.9 Å². The van der Waals surface area contributed by atoms with E-state index in [0.29, 0.717) is 6.42 Å². The molecule has 1 aliphatic rings. The molecule has 0 saturated carbocycles. The van der Waals surface area contributed by atoms with Crippen LogP contribution in [-0.4, -0.2) is 61.1 Å². The van der Waals surface area contributed by atoms with E-state index in [0.717, 1.165) is 36.7 Å². The van der Waals surface area contributed by atoms with Crippen molar-refractivity contribution in [3.8, 4) is 0 Å². The predicted octanol–water partition coefficient (Wildman–Crippen LogP) is 1.06. The molecule has 6 N–H and O–H groups in total. The number of phosphoric acid groups is 2. The topological polar surface area (TPSA) is 213 Å². The van der Waals surface area contributed by atoms with Crippen LogP contribution in [0.2, 0.25) is 0 Å². The number of unbranched alkanes of at least 4 members (excludes halogenated alkanes) is 5. The number of nitrogen functional groups attached to an aromatic ring is 1. The Bertz CT molecular complexity index is 914. The van der Waals surface area contributed by atoms with Crippen molar-refractivity contribution in [1.82, 2.24) is 9.55 Å². The normalized spacial score (nSPS) is 26.7. The van der Waals surface area contributed by atoms with Gasteiger partial charge in [-0.3, -0.25) is 13.6 Å². The van der Waals surface area contributed by atoms with Crippen molar-refractivity contribution in [2.24, 2.45) is 0 Å². The molecule has 6 atom stereocenters. The molecular formula is C17H31N3O11P2. The van der Waals surface area contributed by atoms with Gasteiger partial charge in [0.15, 0.2) is 6.23 Å². The summed E-state index contributed by atoms with van der Waals surface area (Å²) < 4.78 is 43.7. The Hall–Kier alpha value is -1.18. The summed E-state index contributed by atoms with van der Waals surface area (Å²) in [6.07, 6.45) is 0.600. The van der Waals surface area contributed by atoms with Crippen LogP contribution in [0.15, 0.2) is 17.1 Å². The molecule has 0 spiro atoms. The van der Waals surface area contributed by atoms with Crippen molar-refractivity contribution >= 4 is 21.5 Å². The molecule has 1 aromatic rings. The Balaban J connectivity index is 1.84. The van der Waals surface area contributed by atoms with Crippen LogP contribution in [0.4, 0.5) is 5.82 Å². The second kappa shape index (κ2) is 12.5. The lowest BCUT2D eigenvalue weighted by molar-refractivity contribution is -0.0542. The van der Waals surface area contributed by atoms with Gasteiger partial charge in [0.1, 0.15) is 24.1 Å². The lowest BCUT2D eigenvalue weighted by atomic mass is 10.1. The molecular weight excluding hydrogens is 484 g/mol. The van der Waals surface area contributed by atoms with Crippen LogP contribution >= 0.6 is 15.6 Å². The van der Waals surface area contributed by atoms with E-state index in [-0.39, 0.29) is 12.4 Å². The Kier molecular flexibility index (Phi) is 10.6. The van der Waals surface area contributed by atoms with Crippen LogP contribution < -0.4 is 11.4 Å². The molecule has 1 aromatic heterocycles. The maximum atomic E-state index is 12.0. The summed E-state index contributed by atoms with van der Waals surface area (Å²) in [5.74, 6) is -0.0605. The van der Waals surface area contributed by atoms with Crippen LogP contribution in [-0.2, 0) is 27.2 Å². The number of hydrogen-bond donors (Lipinski definition) is 5. The van der Waals surface area contributed by atoms with Crippen LogP contribution in [0.3, 0.4) is 0 Å². The molecule has 0 bridgehead atoms. The Morgan fingerprint density at radius 1 is 1.09 bits per heavy atom. The largest absolute Gasteiger partial charge is 0.481 e. The highest BCUT2D eigenvalue weighted by atomic mass is 31.3. The number of aliphatic hydroxyl groups excluding tert-OH is 2. The number of anilines is 1. The lowest BCUT2D eigenvalue weighted by Crippen LogP contribution is -2.36. The molecule has 2 rings (SSSR count). The molecule has 0 aromatic carbocycles. The van der Waals surface area contributed by atoms with Gasteiger partial charge in [0.25, 0.3) is 0 Å². The Morgan fingerprint density at radius 3 is 2.39 bits per heavy atom. The van der Waals surface area contributed by atoms with Crippen LogP contribution in [0.1, 0.15) is 51.7 Å². The molecule has 1 saturated heterocycles.